The summed E-state index contributed by atoms with van der Waals surface area (Å²) < 4.78 is 23.4. The molecular formula is C11H12ClNO5S2. The van der Waals surface area contributed by atoms with Gasteiger partial charge in [0, 0.05) is 6.04 Å². The lowest BCUT2D eigenvalue weighted by molar-refractivity contribution is -0.138. The average molecular weight is 338 g/mol. The number of carboxylic acids is 1. The Kier molecular flexibility index (Phi) is 4.36. The van der Waals surface area contributed by atoms with Gasteiger partial charge in [0.15, 0.2) is 9.84 Å². The largest absolute Gasteiger partial charge is 0.480 e. The van der Waals surface area contributed by atoms with Crippen LogP contribution in [0.25, 0.3) is 0 Å². The predicted molar refractivity (Wildman–Crippen MR) is 75.1 cm³/mol. The number of aliphatic carboxylic acids is 1. The number of halogens is 1. The first-order valence-electron chi connectivity index (χ1n) is 5.77. The van der Waals surface area contributed by atoms with Gasteiger partial charge in [-0.2, -0.15) is 0 Å². The highest BCUT2D eigenvalue weighted by molar-refractivity contribution is 7.91. The number of nitrogens with zero attached hydrogens (tertiary/aromatic N) is 1. The van der Waals surface area contributed by atoms with Gasteiger partial charge in [0.1, 0.15) is 6.54 Å². The zero-order valence-electron chi connectivity index (χ0n) is 10.3. The summed E-state index contributed by atoms with van der Waals surface area (Å²) in [6.07, 6.45) is 0.264. The molecule has 0 aromatic carbocycles. The van der Waals surface area contributed by atoms with Gasteiger partial charge in [-0.1, -0.05) is 11.6 Å². The first-order chi connectivity index (χ1) is 9.28. The van der Waals surface area contributed by atoms with Crippen molar-refractivity contribution in [3.63, 3.8) is 0 Å². The highest BCUT2D eigenvalue weighted by Gasteiger charge is 2.36. The molecule has 9 heteroatoms. The van der Waals surface area contributed by atoms with Gasteiger partial charge in [-0.15, -0.1) is 11.3 Å². The zero-order valence-corrected chi connectivity index (χ0v) is 12.7. The van der Waals surface area contributed by atoms with Crippen molar-refractivity contribution in [3.8, 4) is 0 Å². The molecule has 2 rings (SSSR count). The van der Waals surface area contributed by atoms with Crippen molar-refractivity contribution in [3.05, 3.63) is 21.3 Å². The van der Waals surface area contributed by atoms with Crippen LogP contribution in [0.15, 0.2) is 12.1 Å². The molecule has 1 amide bonds. The summed E-state index contributed by atoms with van der Waals surface area (Å²) in [4.78, 5) is 24.6. The molecule has 110 valence electrons. The van der Waals surface area contributed by atoms with Crippen LogP contribution in [0.2, 0.25) is 4.34 Å². The number of amides is 1. The minimum Gasteiger partial charge on any atom is -0.480 e. The second-order valence-electron chi connectivity index (χ2n) is 4.49. The molecule has 1 atom stereocenters. The van der Waals surface area contributed by atoms with Crippen LogP contribution in [0.3, 0.4) is 0 Å². The number of carbonyl (C=O) groups excluding carboxylic acids is 1. The molecule has 0 saturated carbocycles. The zero-order chi connectivity index (χ0) is 14.9. The third-order valence-electron chi connectivity index (χ3n) is 3.00. The van der Waals surface area contributed by atoms with E-state index in [2.05, 4.69) is 0 Å². The topological polar surface area (TPSA) is 91.8 Å². The van der Waals surface area contributed by atoms with E-state index in [1.54, 1.807) is 6.07 Å². The summed E-state index contributed by atoms with van der Waals surface area (Å²) >= 11 is 6.80. The molecule has 1 saturated heterocycles. The van der Waals surface area contributed by atoms with Crippen LogP contribution in [-0.4, -0.2) is 54.4 Å². The summed E-state index contributed by atoms with van der Waals surface area (Å²) in [6.45, 7) is -0.519. The van der Waals surface area contributed by atoms with Crippen LogP contribution in [-0.2, 0) is 14.6 Å². The fraction of sp³-hybridized carbons (Fsp3) is 0.455. The highest BCUT2D eigenvalue weighted by Crippen LogP contribution is 2.25. The van der Waals surface area contributed by atoms with Crippen molar-refractivity contribution in [1.29, 1.82) is 0 Å². The maximum absolute atomic E-state index is 12.3. The van der Waals surface area contributed by atoms with Crippen LogP contribution in [0.5, 0.6) is 0 Å². The van der Waals surface area contributed by atoms with E-state index in [-0.39, 0.29) is 17.9 Å². The standard InChI is InChI=1S/C11H12ClNO5S2/c12-9-2-1-8(19-9)11(16)13(5-10(14)15)7-3-4-20(17,18)6-7/h1-2,7H,3-6H2,(H,14,15). The lowest BCUT2D eigenvalue weighted by Gasteiger charge is -2.25. The first kappa shape index (κ1) is 15.3. The van der Waals surface area contributed by atoms with E-state index in [4.69, 9.17) is 16.7 Å². The van der Waals surface area contributed by atoms with Crippen LogP contribution in [0.1, 0.15) is 16.1 Å². The Morgan fingerprint density at radius 3 is 2.60 bits per heavy atom. The monoisotopic (exact) mass is 337 g/mol. The van der Waals surface area contributed by atoms with Gasteiger partial charge in [0.2, 0.25) is 0 Å². The van der Waals surface area contributed by atoms with Gasteiger partial charge in [0.25, 0.3) is 5.91 Å². The molecule has 1 N–H and O–H groups in total. The number of sulfone groups is 1. The van der Waals surface area contributed by atoms with Crippen molar-refractivity contribution >= 4 is 44.7 Å². The number of rotatable bonds is 4. The lowest BCUT2D eigenvalue weighted by atomic mass is 10.2. The Bertz CT molecular complexity index is 639. The molecule has 1 fully saturated rings. The van der Waals surface area contributed by atoms with Crippen LogP contribution in [0, 0.1) is 0 Å². The van der Waals surface area contributed by atoms with Gasteiger partial charge < -0.3 is 10.0 Å². The van der Waals surface area contributed by atoms with Crippen LogP contribution >= 0.6 is 22.9 Å². The normalized spacial score (nSPS) is 20.8. The maximum atomic E-state index is 12.3. The van der Waals surface area contributed by atoms with Gasteiger partial charge in [-0.3, -0.25) is 9.59 Å². The molecule has 1 aromatic rings. The van der Waals surface area contributed by atoms with Gasteiger partial charge in [-0.25, -0.2) is 8.42 Å². The molecule has 0 spiro atoms. The Balaban J connectivity index is 2.24. The Labute approximate surface area is 124 Å². The third kappa shape index (κ3) is 3.50. The van der Waals surface area contributed by atoms with E-state index in [1.165, 1.54) is 6.07 Å². The summed E-state index contributed by atoms with van der Waals surface area (Å²) in [7, 11) is -3.20. The molecule has 6 nitrogen and oxygen atoms in total. The fourth-order valence-electron chi connectivity index (χ4n) is 2.10. The van der Waals surface area contributed by atoms with Gasteiger partial charge >= 0.3 is 5.97 Å². The number of carbonyl (C=O) groups is 2. The summed E-state index contributed by atoms with van der Waals surface area (Å²) in [5.74, 6) is -1.88. The van der Waals surface area contributed by atoms with Gasteiger partial charge in [0.05, 0.1) is 20.7 Å². The molecular weight excluding hydrogens is 326 g/mol. The second kappa shape index (κ2) is 5.71. The van der Waals surface area contributed by atoms with E-state index >= 15 is 0 Å². The van der Waals surface area contributed by atoms with E-state index in [1.807, 2.05) is 0 Å². The van der Waals surface area contributed by atoms with Crippen molar-refractivity contribution in [1.82, 2.24) is 4.90 Å². The third-order valence-corrected chi connectivity index (χ3v) is 5.97. The minimum atomic E-state index is -3.20. The second-order valence-corrected chi connectivity index (χ2v) is 8.43. The molecule has 20 heavy (non-hydrogen) atoms. The summed E-state index contributed by atoms with van der Waals surface area (Å²) in [6, 6.07) is 2.46. The Morgan fingerprint density at radius 2 is 2.15 bits per heavy atom. The molecule has 0 aliphatic carbocycles. The summed E-state index contributed by atoms with van der Waals surface area (Å²) in [5.41, 5.74) is 0. The maximum Gasteiger partial charge on any atom is 0.323 e. The number of hydrogen-bond acceptors (Lipinski definition) is 5. The lowest BCUT2D eigenvalue weighted by Crippen LogP contribution is -2.43. The molecule has 1 unspecified atom stereocenters. The molecule has 0 bridgehead atoms. The van der Waals surface area contributed by atoms with E-state index in [9.17, 15) is 18.0 Å². The number of hydrogen-bond donors (Lipinski definition) is 1. The van der Waals surface area contributed by atoms with Crippen molar-refractivity contribution in [2.45, 2.75) is 12.5 Å². The van der Waals surface area contributed by atoms with Crippen molar-refractivity contribution < 1.29 is 23.1 Å². The molecule has 1 aliphatic rings. The quantitative estimate of drug-likeness (QED) is 0.888. The van der Waals surface area contributed by atoms with Crippen LogP contribution in [0.4, 0.5) is 0 Å². The van der Waals surface area contributed by atoms with Crippen molar-refractivity contribution in [2.24, 2.45) is 0 Å². The number of carboxylic acid groups (broad SMARTS) is 1. The van der Waals surface area contributed by atoms with Crippen LogP contribution < -0.4 is 0 Å². The number of thiophene rings is 1. The average Bonchev–Trinajstić information content (AvgIpc) is 2.91. The predicted octanol–water partition coefficient (Wildman–Crippen LogP) is 1.12. The minimum absolute atomic E-state index is 0.0216. The van der Waals surface area contributed by atoms with E-state index in [0.29, 0.717) is 9.21 Å². The van der Waals surface area contributed by atoms with Gasteiger partial charge in [-0.05, 0) is 18.6 Å². The van der Waals surface area contributed by atoms with E-state index < -0.39 is 34.3 Å². The van der Waals surface area contributed by atoms with E-state index in [0.717, 1.165) is 16.2 Å². The highest BCUT2D eigenvalue weighted by atomic mass is 35.5. The molecule has 1 aliphatic heterocycles. The van der Waals surface area contributed by atoms with Crippen molar-refractivity contribution in [2.75, 3.05) is 18.1 Å². The smallest absolute Gasteiger partial charge is 0.323 e. The molecule has 0 radical (unpaired) electrons. The fourth-order valence-corrected chi connectivity index (χ4v) is 4.83. The summed E-state index contributed by atoms with van der Waals surface area (Å²) in [5, 5.41) is 8.91. The molecule has 2 heterocycles. The SMILES string of the molecule is O=C(O)CN(C(=O)c1ccc(Cl)s1)C1CCS(=O)(=O)C1. The Morgan fingerprint density at radius 1 is 1.45 bits per heavy atom. The molecule has 1 aromatic heterocycles. The first-order valence-corrected chi connectivity index (χ1v) is 8.78. The Hall–Kier alpha value is -1.12.